The molecule has 1 aliphatic heterocycles. The predicted molar refractivity (Wildman–Crippen MR) is 254 cm³/mol. The molecule has 8 rings (SSSR count). The SMILES string of the molecule is O=C(Oc1ccc([N+](=O)[O-])cc1)Oc1ccccc1C(=O)O[C@H](/C=C/[C@H]1CCC(=O)N1CCCCCCc1nnn(C(c2ccccc2)(c2ccccc2)c2ccccc2)n1)C(F)(F)c1ccccc1. The van der Waals surface area contributed by atoms with E-state index in [0.29, 0.717) is 31.6 Å². The Morgan fingerprint density at radius 3 is 1.89 bits per heavy atom. The van der Waals surface area contributed by atoms with E-state index in [9.17, 15) is 24.5 Å². The average molecular weight is 947 g/mol. The Morgan fingerprint density at radius 2 is 1.29 bits per heavy atom. The third-order valence-electron chi connectivity index (χ3n) is 12.1. The third-order valence-corrected chi connectivity index (χ3v) is 12.1. The number of nitrogens with zero attached hydrogens (tertiary/aromatic N) is 6. The largest absolute Gasteiger partial charge is 0.519 e. The van der Waals surface area contributed by atoms with Crippen molar-refractivity contribution in [1.82, 2.24) is 25.1 Å². The molecule has 70 heavy (non-hydrogen) atoms. The number of benzene rings is 6. The van der Waals surface area contributed by atoms with Crippen molar-refractivity contribution in [2.24, 2.45) is 0 Å². The number of tetrazole rings is 1. The number of likely N-dealkylation sites (tertiary alicyclic amines) is 1. The van der Waals surface area contributed by atoms with E-state index in [4.69, 9.17) is 19.3 Å². The maximum absolute atomic E-state index is 16.3. The van der Waals surface area contributed by atoms with Gasteiger partial charge < -0.3 is 19.1 Å². The Bertz CT molecular complexity index is 2810. The van der Waals surface area contributed by atoms with Gasteiger partial charge in [-0.2, -0.15) is 8.78 Å². The summed E-state index contributed by atoms with van der Waals surface area (Å²) in [5.41, 5.74) is 1.10. The van der Waals surface area contributed by atoms with Crippen LogP contribution in [0.2, 0.25) is 0 Å². The highest BCUT2D eigenvalue weighted by Gasteiger charge is 2.44. The van der Waals surface area contributed by atoms with E-state index in [2.05, 4.69) is 46.7 Å². The molecule has 16 heteroatoms. The van der Waals surface area contributed by atoms with Crippen LogP contribution in [-0.4, -0.2) is 66.8 Å². The zero-order chi connectivity index (χ0) is 48.9. The first-order valence-electron chi connectivity index (χ1n) is 22.8. The van der Waals surface area contributed by atoms with Gasteiger partial charge >= 0.3 is 18.0 Å². The number of esters is 1. The fraction of sp³-hybridized carbons (Fsp3) is 0.222. The molecule has 1 aromatic heterocycles. The first kappa shape index (κ1) is 48.1. The molecule has 1 saturated heterocycles. The summed E-state index contributed by atoms with van der Waals surface area (Å²) >= 11 is 0. The Labute approximate surface area is 402 Å². The maximum Gasteiger partial charge on any atom is 0.519 e. The van der Waals surface area contributed by atoms with Gasteiger partial charge in [-0.05, 0) is 71.5 Å². The molecule has 0 saturated carbocycles. The zero-order valence-corrected chi connectivity index (χ0v) is 37.8. The van der Waals surface area contributed by atoms with Crippen molar-refractivity contribution in [3.8, 4) is 11.5 Å². The number of carbonyl (C=O) groups excluding carboxylic acids is 3. The lowest BCUT2D eigenvalue weighted by molar-refractivity contribution is -0.384. The van der Waals surface area contributed by atoms with E-state index in [1.54, 1.807) is 15.8 Å². The van der Waals surface area contributed by atoms with Crippen LogP contribution in [0.1, 0.15) is 77.0 Å². The number of nitro groups is 1. The summed E-state index contributed by atoms with van der Waals surface area (Å²) in [6, 6.07) is 46.7. The second kappa shape index (κ2) is 22.1. The van der Waals surface area contributed by atoms with E-state index in [1.807, 2.05) is 54.6 Å². The Balaban J connectivity index is 0.903. The van der Waals surface area contributed by atoms with Gasteiger partial charge in [0.15, 0.2) is 17.5 Å². The lowest BCUT2D eigenvalue weighted by atomic mass is 9.77. The van der Waals surface area contributed by atoms with E-state index >= 15 is 8.78 Å². The minimum absolute atomic E-state index is 0.0767. The van der Waals surface area contributed by atoms with Gasteiger partial charge in [-0.25, -0.2) is 9.59 Å². The van der Waals surface area contributed by atoms with Gasteiger partial charge in [0.1, 0.15) is 17.1 Å². The number of hydrogen-bond acceptors (Lipinski definition) is 11. The van der Waals surface area contributed by atoms with Gasteiger partial charge in [0.05, 0.1) is 11.0 Å². The van der Waals surface area contributed by atoms with Crippen molar-refractivity contribution < 1.29 is 42.3 Å². The van der Waals surface area contributed by atoms with Gasteiger partial charge in [0, 0.05) is 37.1 Å². The molecule has 0 bridgehead atoms. The Morgan fingerprint density at radius 1 is 0.729 bits per heavy atom. The summed E-state index contributed by atoms with van der Waals surface area (Å²) in [7, 11) is 0. The van der Waals surface area contributed by atoms with Crippen molar-refractivity contribution in [3.05, 3.63) is 226 Å². The quantitative estimate of drug-likeness (QED) is 0.0136. The fourth-order valence-electron chi connectivity index (χ4n) is 8.57. The molecule has 2 heterocycles. The highest BCUT2D eigenvalue weighted by molar-refractivity contribution is 5.93. The zero-order valence-electron chi connectivity index (χ0n) is 37.8. The number of nitro benzene ring substituents is 1. The topological polar surface area (TPSA) is 169 Å². The summed E-state index contributed by atoms with van der Waals surface area (Å²) in [4.78, 5) is 53.3. The van der Waals surface area contributed by atoms with Crippen LogP contribution in [0.3, 0.4) is 0 Å². The van der Waals surface area contributed by atoms with Gasteiger partial charge in [0.2, 0.25) is 5.91 Å². The van der Waals surface area contributed by atoms with Gasteiger partial charge in [-0.3, -0.25) is 14.9 Å². The Kier molecular flexibility index (Phi) is 15.2. The van der Waals surface area contributed by atoms with Crippen LogP contribution in [0.25, 0.3) is 0 Å². The van der Waals surface area contributed by atoms with Crippen LogP contribution in [0.4, 0.5) is 19.3 Å². The molecule has 0 aliphatic carbocycles. The number of hydrogen-bond donors (Lipinski definition) is 0. The van der Waals surface area contributed by atoms with Crippen LogP contribution in [0, 0.1) is 10.1 Å². The number of para-hydroxylation sites is 1. The molecular formula is C54H48F2N6O8. The van der Waals surface area contributed by atoms with E-state index in [1.165, 1.54) is 66.7 Å². The molecule has 2 atom stereocenters. The van der Waals surface area contributed by atoms with Crippen molar-refractivity contribution in [1.29, 1.82) is 0 Å². The summed E-state index contributed by atoms with van der Waals surface area (Å²) < 4.78 is 48.6. The lowest BCUT2D eigenvalue weighted by Crippen LogP contribution is -2.39. The van der Waals surface area contributed by atoms with Gasteiger partial charge in [-0.1, -0.05) is 152 Å². The van der Waals surface area contributed by atoms with E-state index in [-0.39, 0.29) is 35.1 Å². The van der Waals surface area contributed by atoms with E-state index < -0.39 is 46.2 Å². The number of unbranched alkanes of at least 4 members (excludes halogenated alkanes) is 3. The third kappa shape index (κ3) is 11.0. The van der Waals surface area contributed by atoms with Crippen molar-refractivity contribution in [2.75, 3.05) is 6.54 Å². The minimum atomic E-state index is -3.72. The van der Waals surface area contributed by atoms with Gasteiger partial charge in [-0.15, -0.1) is 15.0 Å². The predicted octanol–water partition coefficient (Wildman–Crippen LogP) is 10.7. The monoisotopic (exact) mass is 946 g/mol. The molecule has 0 spiro atoms. The maximum atomic E-state index is 16.3. The molecule has 1 fully saturated rings. The molecule has 0 unspecified atom stereocenters. The smallest absolute Gasteiger partial charge is 0.448 e. The molecule has 14 nitrogen and oxygen atoms in total. The lowest BCUT2D eigenvalue weighted by Gasteiger charge is -2.34. The standard InChI is InChI=1S/C54H48F2N6O8/c55-54(56,42-25-13-6-14-26-42)48(70-51(64)46-27-16-17-28-47(46)69-52(65)68-45-34-30-44(31-35-45)61(66)67)36-32-43-33-37-50(63)60(43)38-18-2-1-15-29-49-57-59-62(58-49)53(39-19-7-3-8-20-39,40-21-9-4-10-22-40)41-23-11-5-12-24-41/h3-14,16-17,19-28,30-32,34-36,43,48H,1-2,15,18,29,33,37-38H2/b36-32+/t43-,48+/m0/s1. The normalized spacial score (nSPS) is 14.3. The molecule has 1 amide bonds. The highest BCUT2D eigenvalue weighted by atomic mass is 19.3. The van der Waals surface area contributed by atoms with Crippen molar-refractivity contribution >= 4 is 23.7 Å². The van der Waals surface area contributed by atoms with Crippen LogP contribution in [-0.2, 0) is 27.4 Å². The molecule has 6 aromatic carbocycles. The Hall–Kier alpha value is -8.40. The number of aryl methyl sites for hydroxylation is 1. The molecule has 356 valence electrons. The number of aromatic nitrogens is 4. The van der Waals surface area contributed by atoms with Crippen molar-refractivity contribution in [2.45, 2.75) is 68.6 Å². The number of rotatable bonds is 20. The molecular weight excluding hydrogens is 899 g/mol. The first-order chi connectivity index (χ1) is 34.0. The molecule has 0 radical (unpaired) electrons. The number of amides is 1. The van der Waals surface area contributed by atoms with Crippen LogP contribution >= 0.6 is 0 Å². The fourth-order valence-corrected chi connectivity index (χ4v) is 8.57. The highest BCUT2D eigenvalue weighted by Crippen LogP contribution is 2.40. The number of halogens is 2. The number of non-ortho nitro benzene ring substituents is 1. The minimum Gasteiger partial charge on any atom is -0.448 e. The summed E-state index contributed by atoms with van der Waals surface area (Å²) in [6.07, 6.45) is 3.41. The molecule has 0 N–H and O–H groups in total. The second-order valence-electron chi connectivity index (χ2n) is 16.6. The number of alkyl halides is 2. The molecule has 1 aliphatic rings. The summed E-state index contributed by atoms with van der Waals surface area (Å²) in [5, 5.41) is 25.1. The van der Waals surface area contributed by atoms with Crippen LogP contribution in [0.15, 0.2) is 182 Å². The van der Waals surface area contributed by atoms with Crippen LogP contribution in [0.5, 0.6) is 11.5 Å². The summed E-state index contributed by atoms with van der Waals surface area (Å²) in [6.45, 7) is 0.399. The van der Waals surface area contributed by atoms with Crippen LogP contribution < -0.4 is 9.47 Å². The van der Waals surface area contributed by atoms with Crippen molar-refractivity contribution in [3.63, 3.8) is 0 Å². The summed E-state index contributed by atoms with van der Waals surface area (Å²) in [5.74, 6) is -4.86. The second-order valence-corrected chi connectivity index (χ2v) is 16.6. The first-order valence-corrected chi connectivity index (χ1v) is 22.8. The number of ether oxygens (including phenoxy) is 3. The molecule has 7 aromatic rings. The average Bonchev–Trinajstić information content (AvgIpc) is 4.01. The van der Waals surface area contributed by atoms with Gasteiger partial charge in [0.25, 0.3) is 5.69 Å². The number of carbonyl (C=O) groups is 3. The van der Waals surface area contributed by atoms with E-state index in [0.717, 1.165) is 54.2 Å².